The van der Waals surface area contributed by atoms with E-state index in [2.05, 4.69) is 24.9 Å². The molecule has 3 nitrogen and oxygen atoms in total. The Morgan fingerprint density at radius 1 is 1.50 bits per heavy atom. The lowest BCUT2D eigenvalue weighted by atomic mass is 9.77. The summed E-state index contributed by atoms with van der Waals surface area (Å²) in [5.41, 5.74) is 1.19. The molecule has 1 aromatic heterocycles. The van der Waals surface area contributed by atoms with Gasteiger partial charge in [0.25, 0.3) is 0 Å². The molecule has 0 N–H and O–H groups in total. The molecule has 0 saturated heterocycles. The van der Waals surface area contributed by atoms with Gasteiger partial charge in [-0.2, -0.15) is 5.26 Å². The Balaban J connectivity index is 2.01. The summed E-state index contributed by atoms with van der Waals surface area (Å²) in [6.07, 6.45) is 8.15. The van der Waals surface area contributed by atoms with E-state index >= 15 is 0 Å². The fourth-order valence-corrected chi connectivity index (χ4v) is 3.03. The van der Waals surface area contributed by atoms with E-state index < -0.39 is 0 Å². The second-order valence-electron chi connectivity index (χ2n) is 5.44. The molecule has 3 heteroatoms. The van der Waals surface area contributed by atoms with Crippen LogP contribution in [0.1, 0.15) is 38.2 Å². The summed E-state index contributed by atoms with van der Waals surface area (Å²) < 4.78 is 5.11. The minimum absolute atomic E-state index is 0.185. The van der Waals surface area contributed by atoms with Crippen molar-refractivity contribution in [2.24, 2.45) is 11.8 Å². The molecule has 1 aliphatic carbocycles. The number of furan rings is 1. The summed E-state index contributed by atoms with van der Waals surface area (Å²) in [6, 6.07) is 4.88. The first kappa shape index (κ1) is 13.2. The van der Waals surface area contributed by atoms with Gasteiger partial charge in [0.2, 0.25) is 0 Å². The van der Waals surface area contributed by atoms with E-state index in [1.165, 1.54) is 18.4 Å². The Bertz CT molecular complexity index is 393. The second kappa shape index (κ2) is 6.06. The van der Waals surface area contributed by atoms with Crippen LogP contribution < -0.4 is 0 Å². The van der Waals surface area contributed by atoms with Gasteiger partial charge in [-0.15, -0.1) is 0 Å². The molecule has 98 valence electrons. The highest BCUT2D eigenvalue weighted by Crippen LogP contribution is 2.33. The standard InChI is InChI=1S/C15H22N2O/c1-3-12-4-5-14(9-16)15(8-12)17(2)10-13-6-7-18-11-13/h6-7,11-12,14-15H,3-5,8,10H2,1-2H3. The molecule has 3 unspecified atom stereocenters. The van der Waals surface area contributed by atoms with E-state index in [0.717, 1.165) is 25.3 Å². The lowest BCUT2D eigenvalue weighted by molar-refractivity contribution is 0.118. The van der Waals surface area contributed by atoms with Gasteiger partial charge in [0, 0.05) is 18.2 Å². The third-order valence-electron chi connectivity index (χ3n) is 4.25. The Kier molecular flexibility index (Phi) is 4.43. The van der Waals surface area contributed by atoms with Crippen molar-refractivity contribution >= 4 is 0 Å². The number of nitriles is 1. The van der Waals surface area contributed by atoms with E-state index in [0.29, 0.717) is 6.04 Å². The zero-order valence-electron chi connectivity index (χ0n) is 11.3. The highest BCUT2D eigenvalue weighted by atomic mass is 16.3. The van der Waals surface area contributed by atoms with Crippen LogP contribution in [-0.2, 0) is 6.54 Å². The van der Waals surface area contributed by atoms with Crippen LogP contribution in [0.4, 0.5) is 0 Å². The van der Waals surface area contributed by atoms with E-state index in [-0.39, 0.29) is 5.92 Å². The number of nitrogens with zero attached hydrogens (tertiary/aromatic N) is 2. The van der Waals surface area contributed by atoms with Crippen molar-refractivity contribution in [1.82, 2.24) is 4.90 Å². The highest BCUT2D eigenvalue weighted by molar-refractivity contribution is 5.06. The van der Waals surface area contributed by atoms with Gasteiger partial charge in [-0.25, -0.2) is 0 Å². The molecule has 2 rings (SSSR count). The summed E-state index contributed by atoms with van der Waals surface area (Å²) >= 11 is 0. The van der Waals surface area contributed by atoms with Gasteiger partial charge >= 0.3 is 0 Å². The molecule has 0 aliphatic heterocycles. The molecule has 1 heterocycles. The normalized spacial score (nSPS) is 28.2. The second-order valence-corrected chi connectivity index (χ2v) is 5.44. The zero-order chi connectivity index (χ0) is 13.0. The van der Waals surface area contributed by atoms with Gasteiger partial charge in [-0.05, 0) is 38.3 Å². The Morgan fingerprint density at radius 3 is 2.94 bits per heavy atom. The molecular formula is C15H22N2O. The Hall–Kier alpha value is -1.27. The van der Waals surface area contributed by atoms with Crippen molar-refractivity contribution in [3.8, 4) is 6.07 Å². The molecule has 18 heavy (non-hydrogen) atoms. The van der Waals surface area contributed by atoms with E-state index in [1.54, 1.807) is 12.5 Å². The topological polar surface area (TPSA) is 40.2 Å². The molecule has 1 saturated carbocycles. The molecule has 3 atom stereocenters. The first-order chi connectivity index (χ1) is 8.74. The van der Waals surface area contributed by atoms with Crippen LogP contribution in [0, 0.1) is 23.2 Å². The quantitative estimate of drug-likeness (QED) is 0.817. The summed E-state index contributed by atoms with van der Waals surface area (Å²) in [5.74, 6) is 0.969. The predicted molar refractivity (Wildman–Crippen MR) is 70.7 cm³/mol. The van der Waals surface area contributed by atoms with Gasteiger partial charge in [0.05, 0.1) is 24.5 Å². The molecule has 1 aliphatic rings. The van der Waals surface area contributed by atoms with Crippen LogP contribution in [0.25, 0.3) is 0 Å². The van der Waals surface area contributed by atoms with Gasteiger partial charge in [0.1, 0.15) is 0 Å². The van der Waals surface area contributed by atoms with Crippen molar-refractivity contribution in [1.29, 1.82) is 5.26 Å². The van der Waals surface area contributed by atoms with Crippen molar-refractivity contribution in [3.63, 3.8) is 0 Å². The van der Waals surface area contributed by atoms with Crippen molar-refractivity contribution in [2.45, 2.75) is 45.2 Å². The van der Waals surface area contributed by atoms with Crippen molar-refractivity contribution in [3.05, 3.63) is 24.2 Å². The van der Waals surface area contributed by atoms with Crippen LogP contribution in [0.3, 0.4) is 0 Å². The molecular weight excluding hydrogens is 224 g/mol. The van der Waals surface area contributed by atoms with Crippen LogP contribution in [0.5, 0.6) is 0 Å². The lowest BCUT2D eigenvalue weighted by Gasteiger charge is -2.38. The average Bonchev–Trinajstić information content (AvgIpc) is 2.90. The predicted octanol–water partition coefficient (Wildman–Crippen LogP) is 3.43. The summed E-state index contributed by atoms with van der Waals surface area (Å²) in [5, 5.41) is 9.30. The van der Waals surface area contributed by atoms with E-state index in [1.807, 2.05) is 6.07 Å². The summed E-state index contributed by atoms with van der Waals surface area (Å²) in [4.78, 5) is 2.32. The van der Waals surface area contributed by atoms with Gasteiger partial charge < -0.3 is 4.42 Å². The van der Waals surface area contributed by atoms with Crippen LogP contribution >= 0.6 is 0 Å². The maximum Gasteiger partial charge on any atom is 0.0947 e. The highest BCUT2D eigenvalue weighted by Gasteiger charge is 2.32. The Labute approximate surface area is 109 Å². The van der Waals surface area contributed by atoms with Gasteiger partial charge in [-0.3, -0.25) is 4.90 Å². The molecule has 0 spiro atoms. The average molecular weight is 246 g/mol. The molecule has 1 aromatic rings. The van der Waals surface area contributed by atoms with E-state index in [4.69, 9.17) is 4.42 Å². The van der Waals surface area contributed by atoms with E-state index in [9.17, 15) is 5.26 Å². The molecule has 0 aromatic carbocycles. The Morgan fingerprint density at radius 2 is 2.33 bits per heavy atom. The fourth-order valence-electron chi connectivity index (χ4n) is 3.03. The third-order valence-corrected chi connectivity index (χ3v) is 4.25. The molecule has 0 bridgehead atoms. The number of rotatable bonds is 4. The first-order valence-corrected chi connectivity index (χ1v) is 6.85. The summed E-state index contributed by atoms with van der Waals surface area (Å²) in [7, 11) is 2.13. The lowest BCUT2D eigenvalue weighted by Crippen LogP contribution is -2.41. The van der Waals surface area contributed by atoms with Crippen LogP contribution in [-0.4, -0.2) is 18.0 Å². The van der Waals surface area contributed by atoms with Gasteiger partial charge in [0.15, 0.2) is 0 Å². The van der Waals surface area contributed by atoms with Crippen LogP contribution in [0.2, 0.25) is 0 Å². The van der Waals surface area contributed by atoms with Gasteiger partial charge in [-0.1, -0.05) is 13.3 Å². The summed E-state index contributed by atoms with van der Waals surface area (Å²) in [6.45, 7) is 3.13. The molecule has 0 radical (unpaired) electrons. The SMILES string of the molecule is CCC1CCC(C#N)C(N(C)Cc2ccoc2)C1. The first-order valence-electron chi connectivity index (χ1n) is 6.85. The maximum absolute atomic E-state index is 9.30. The monoisotopic (exact) mass is 246 g/mol. The number of hydrogen-bond donors (Lipinski definition) is 0. The smallest absolute Gasteiger partial charge is 0.0947 e. The van der Waals surface area contributed by atoms with Crippen molar-refractivity contribution < 1.29 is 4.42 Å². The minimum Gasteiger partial charge on any atom is -0.472 e. The largest absolute Gasteiger partial charge is 0.472 e. The number of hydrogen-bond acceptors (Lipinski definition) is 3. The van der Waals surface area contributed by atoms with Crippen LogP contribution in [0.15, 0.2) is 23.0 Å². The third kappa shape index (κ3) is 2.94. The zero-order valence-corrected chi connectivity index (χ0v) is 11.3. The maximum atomic E-state index is 9.30. The molecule has 1 fully saturated rings. The fraction of sp³-hybridized carbons (Fsp3) is 0.667. The van der Waals surface area contributed by atoms with Crippen molar-refractivity contribution in [2.75, 3.05) is 7.05 Å². The minimum atomic E-state index is 0.185. The molecule has 0 amide bonds.